The van der Waals surface area contributed by atoms with E-state index in [1.54, 1.807) is 24.3 Å². The summed E-state index contributed by atoms with van der Waals surface area (Å²) in [4.78, 5) is 22.3. The lowest BCUT2D eigenvalue weighted by Gasteiger charge is -1.99. The molecule has 0 unspecified atom stereocenters. The van der Waals surface area contributed by atoms with E-state index in [9.17, 15) is 9.59 Å². The van der Waals surface area contributed by atoms with Crippen molar-refractivity contribution in [3.63, 3.8) is 0 Å². The molecule has 0 atom stereocenters. The molecule has 0 aromatic heterocycles. The van der Waals surface area contributed by atoms with Gasteiger partial charge in [0.2, 0.25) is 0 Å². The second kappa shape index (κ2) is 4.09. The molecule has 0 heterocycles. The molecule has 0 spiro atoms. The molecule has 3 nitrogen and oxygen atoms in total. The van der Waals surface area contributed by atoms with Crippen molar-refractivity contribution in [1.82, 2.24) is 0 Å². The summed E-state index contributed by atoms with van der Waals surface area (Å²) >= 11 is 4.05. The molecule has 13 heavy (non-hydrogen) atoms. The highest BCUT2D eigenvalue weighted by Gasteiger charge is 2.08. The number of esters is 2. The quantitative estimate of drug-likeness (QED) is 0.422. The zero-order valence-corrected chi connectivity index (χ0v) is 7.88. The number of benzene rings is 1. The van der Waals surface area contributed by atoms with Crippen molar-refractivity contribution in [2.45, 2.75) is 11.8 Å². The van der Waals surface area contributed by atoms with Gasteiger partial charge in [0, 0.05) is 11.8 Å². The number of carbonyl (C=O) groups excluding carboxylic acids is 2. The van der Waals surface area contributed by atoms with Gasteiger partial charge >= 0.3 is 11.9 Å². The van der Waals surface area contributed by atoms with Crippen LogP contribution >= 0.6 is 12.6 Å². The molecule has 0 saturated heterocycles. The number of hydrogen-bond donors (Lipinski definition) is 1. The molecule has 0 saturated carbocycles. The number of hydrogen-bond acceptors (Lipinski definition) is 4. The van der Waals surface area contributed by atoms with Gasteiger partial charge < -0.3 is 4.74 Å². The molecule has 1 rings (SSSR count). The zero-order chi connectivity index (χ0) is 9.84. The Bertz CT molecular complexity index is 329. The van der Waals surface area contributed by atoms with Crippen LogP contribution in [0.15, 0.2) is 29.2 Å². The Morgan fingerprint density at radius 2 is 1.77 bits per heavy atom. The van der Waals surface area contributed by atoms with Crippen LogP contribution < -0.4 is 0 Å². The van der Waals surface area contributed by atoms with Crippen molar-refractivity contribution >= 4 is 24.6 Å². The molecular formula is C9H8O3S. The summed E-state index contributed by atoms with van der Waals surface area (Å²) in [6.45, 7) is 1.19. The highest BCUT2D eigenvalue weighted by Crippen LogP contribution is 2.08. The lowest BCUT2D eigenvalue weighted by atomic mass is 10.2. The molecule has 4 heteroatoms. The van der Waals surface area contributed by atoms with Crippen LogP contribution in [0.3, 0.4) is 0 Å². The number of ether oxygens (including phenoxy) is 1. The van der Waals surface area contributed by atoms with Crippen LogP contribution in [0.2, 0.25) is 0 Å². The van der Waals surface area contributed by atoms with Crippen LogP contribution in [-0.4, -0.2) is 11.9 Å². The van der Waals surface area contributed by atoms with Crippen LogP contribution in [0.25, 0.3) is 0 Å². The molecule has 0 amide bonds. The van der Waals surface area contributed by atoms with E-state index in [0.29, 0.717) is 5.56 Å². The van der Waals surface area contributed by atoms with Crippen molar-refractivity contribution in [2.24, 2.45) is 0 Å². The Balaban J connectivity index is 2.78. The molecule has 0 radical (unpaired) electrons. The van der Waals surface area contributed by atoms with Gasteiger partial charge in [-0.05, 0) is 24.3 Å². The topological polar surface area (TPSA) is 43.4 Å². The molecule has 0 bridgehead atoms. The van der Waals surface area contributed by atoms with Crippen LogP contribution in [0, 0.1) is 0 Å². The average Bonchev–Trinajstić information content (AvgIpc) is 2.04. The highest BCUT2D eigenvalue weighted by atomic mass is 32.1. The van der Waals surface area contributed by atoms with Gasteiger partial charge in [-0.15, -0.1) is 12.6 Å². The summed E-state index contributed by atoms with van der Waals surface area (Å²) in [5, 5.41) is 0. The van der Waals surface area contributed by atoms with E-state index in [4.69, 9.17) is 0 Å². The SMILES string of the molecule is CC(=O)OC(=O)c1ccc(S)cc1. The van der Waals surface area contributed by atoms with Crippen molar-refractivity contribution in [3.05, 3.63) is 29.8 Å². The van der Waals surface area contributed by atoms with Gasteiger partial charge in [0.1, 0.15) is 0 Å². The second-order valence-corrected chi connectivity index (χ2v) is 2.94. The standard InChI is InChI=1S/C9H8O3S/c1-6(10)12-9(11)7-2-4-8(13)5-3-7/h2-5,13H,1H3. The van der Waals surface area contributed by atoms with Crippen LogP contribution in [0.5, 0.6) is 0 Å². The predicted molar refractivity (Wildman–Crippen MR) is 49.8 cm³/mol. The Labute approximate surface area is 81.1 Å². The van der Waals surface area contributed by atoms with E-state index in [1.807, 2.05) is 0 Å². The first-order chi connectivity index (χ1) is 6.09. The Kier molecular flexibility index (Phi) is 3.08. The maximum absolute atomic E-state index is 11.1. The average molecular weight is 196 g/mol. The normalized spacial score (nSPS) is 9.38. The van der Waals surface area contributed by atoms with E-state index in [1.165, 1.54) is 6.92 Å². The number of carbonyl (C=O) groups is 2. The maximum atomic E-state index is 11.1. The molecule has 0 N–H and O–H groups in total. The summed E-state index contributed by atoms with van der Waals surface area (Å²) in [5.74, 6) is -1.25. The molecule has 1 aromatic rings. The van der Waals surface area contributed by atoms with Gasteiger partial charge in [0.05, 0.1) is 5.56 Å². The molecule has 0 aliphatic heterocycles. The smallest absolute Gasteiger partial charge is 0.345 e. The minimum Gasteiger partial charge on any atom is -0.390 e. The van der Waals surface area contributed by atoms with E-state index in [-0.39, 0.29) is 0 Å². The lowest BCUT2D eigenvalue weighted by molar-refractivity contribution is -0.135. The Morgan fingerprint density at radius 3 is 2.23 bits per heavy atom. The van der Waals surface area contributed by atoms with Gasteiger partial charge in [-0.25, -0.2) is 4.79 Å². The molecule has 0 fully saturated rings. The van der Waals surface area contributed by atoms with Crippen molar-refractivity contribution in [2.75, 3.05) is 0 Å². The van der Waals surface area contributed by atoms with Crippen molar-refractivity contribution in [1.29, 1.82) is 0 Å². The first-order valence-corrected chi connectivity index (χ1v) is 4.06. The van der Waals surface area contributed by atoms with Gasteiger partial charge in [-0.1, -0.05) is 0 Å². The van der Waals surface area contributed by atoms with Gasteiger partial charge in [-0.2, -0.15) is 0 Å². The predicted octanol–water partition coefficient (Wildman–Crippen LogP) is 1.68. The number of thiol groups is 1. The summed E-state index contributed by atoms with van der Waals surface area (Å²) in [6.07, 6.45) is 0. The summed E-state index contributed by atoms with van der Waals surface area (Å²) in [6, 6.07) is 6.40. The van der Waals surface area contributed by atoms with Crippen molar-refractivity contribution in [3.8, 4) is 0 Å². The first-order valence-electron chi connectivity index (χ1n) is 3.61. The fourth-order valence-corrected chi connectivity index (χ4v) is 0.936. The third-order valence-electron chi connectivity index (χ3n) is 1.34. The lowest BCUT2D eigenvalue weighted by Crippen LogP contribution is -2.08. The van der Waals surface area contributed by atoms with E-state index < -0.39 is 11.9 Å². The fourth-order valence-electron chi connectivity index (χ4n) is 0.787. The summed E-state index contributed by atoms with van der Waals surface area (Å²) < 4.78 is 4.37. The molecular weight excluding hydrogens is 188 g/mol. The van der Waals surface area contributed by atoms with Gasteiger partial charge in [0.15, 0.2) is 0 Å². The fraction of sp³-hybridized carbons (Fsp3) is 0.111. The van der Waals surface area contributed by atoms with Gasteiger partial charge in [0.25, 0.3) is 0 Å². The van der Waals surface area contributed by atoms with Gasteiger partial charge in [-0.3, -0.25) is 4.79 Å². The maximum Gasteiger partial charge on any atom is 0.345 e. The third kappa shape index (κ3) is 2.91. The molecule has 1 aromatic carbocycles. The van der Waals surface area contributed by atoms with Crippen LogP contribution in [0.1, 0.15) is 17.3 Å². The first kappa shape index (κ1) is 9.80. The monoisotopic (exact) mass is 196 g/mol. The minimum absolute atomic E-state index is 0.341. The molecule has 68 valence electrons. The number of rotatable bonds is 1. The summed E-state index contributed by atoms with van der Waals surface area (Å²) in [5.41, 5.74) is 0.341. The molecule has 0 aliphatic carbocycles. The summed E-state index contributed by atoms with van der Waals surface area (Å²) in [7, 11) is 0. The highest BCUT2D eigenvalue weighted by molar-refractivity contribution is 7.80. The molecule has 0 aliphatic rings. The largest absolute Gasteiger partial charge is 0.390 e. The van der Waals surface area contributed by atoms with E-state index >= 15 is 0 Å². The van der Waals surface area contributed by atoms with Crippen LogP contribution in [0.4, 0.5) is 0 Å². The second-order valence-electron chi connectivity index (χ2n) is 2.43. The minimum atomic E-state index is -0.638. The van der Waals surface area contributed by atoms with E-state index in [2.05, 4.69) is 17.4 Å². The van der Waals surface area contributed by atoms with Crippen molar-refractivity contribution < 1.29 is 14.3 Å². The Hall–Kier alpha value is -1.29. The van der Waals surface area contributed by atoms with E-state index in [0.717, 1.165) is 4.90 Å². The van der Waals surface area contributed by atoms with Crippen LogP contribution in [-0.2, 0) is 9.53 Å². The Morgan fingerprint density at radius 1 is 1.23 bits per heavy atom. The zero-order valence-electron chi connectivity index (χ0n) is 6.98. The third-order valence-corrected chi connectivity index (χ3v) is 1.64.